The highest BCUT2D eigenvalue weighted by Gasteiger charge is 2.12. The number of carbonyl (C=O) groups excluding carboxylic acids is 2. The number of benzene rings is 2. The number of hydrogen-bond acceptors (Lipinski definition) is 10. The van der Waals surface area contributed by atoms with Crippen molar-refractivity contribution in [1.29, 1.82) is 0 Å². The van der Waals surface area contributed by atoms with E-state index >= 15 is 0 Å². The van der Waals surface area contributed by atoms with Crippen molar-refractivity contribution in [2.45, 2.75) is 6.92 Å². The zero-order chi connectivity index (χ0) is 20.8. The van der Waals surface area contributed by atoms with E-state index in [0.29, 0.717) is 0 Å². The molecule has 148 valence electrons. The van der Waals surface area contributed by atoms with E-state index in [0.717, 1.165) is 0 Å². The molecule has 0 aliphatic rings. The summed E-state index contributed by atoms with van der Waals surface area (Å²) < 4.78 is 16.2. The summed E-state index contributed by atoms with van der Waals surface area (Å²) in [4.78, 5) is 33.9. The van der Waals surface area contributed by atoms with E-state index in [1.165, 1.54) is 48.5 Å². The van der Waals surface area contributed by atoms with Crippen LogP contribution in [0.15, 0.2) is 48.5 Å². The Bertz CT molecular complexity index is 978. The summed E-state index contributed by atoms with van der Waals surface area (Å²) in [5, 5.41) is 22.0. The highest BCUT2D eigenvalue weighted by molar-refractivity contribution is 5.86. The van der Waals surface area contributed by atoms with Gasteiger partial charge in [0.05, 0.1) is 18.5 Å². The SMILES string of the molecule is CCOc1nc(Oc2cccc(C(=O)[O-])c2)nc(Oc2cccc(C(=O)[O-])c2)n1. The van der Waals surface area contributed by atoms with Crippen molar-refractivity contribution in [2.75, 3.05) is 6.61 Å². The molecule has 0 spiro atoms. The Balaban J connectivity index is 1.89. The monoisotopic (exact) mass is 395 g/mol. The lowest BCUT2D eigenvalue weighted by Crippen LogP contribution is -2.22. The van der Waals surface area contributed by atoms with Gasteiger partial charge in [0, 0.05) is 11.1 Å². The number of rotatable bonds is 8. The average Bonchev–Trinajstić information content (AvgIpc) is 2.68. The van der Waals surface area contributed by atoms with Crippen LogP contribution in [0.25, 0.3) is 0 Å². The predicted octanol–water partition coefficient (Wildman–Crippen LogP) is 0.582. The summed E-state index contributed by atoms with van der Waals surface area (Å²) in [6, 6.07) is 10.6. The predicted molar refractivity (Wildman–Crippen MR) is 92.7 cm³/mol. The van der Waals surface area contributed by atoms with Gasteiger partial charge in [-0.25, -0.2) is 0 Å². The molecule has 0 aliphatic heterocycles. The van der Waals surface area contributed by atoms with E-state index in [-0.39, 0.29) is 47.3 Å². The Hall–Kier alpha value is -4.21. The van der Waals surface area contributed by atoms with Gasteiger partial charge in [-0.15, -0.1) is 15.0 Å². The van der Waals surface area contributed by atoms with Gasteiger partial charge in [0.25, 0.3) is 0 Å². The molecular formula is C19H13N3O7-2. The van der Waals surface area contributed by atoms with Crippen LogP contribution in [0, 0.1) is 0 Å². The molecule has 10 nitrogen and oxygen atoms in total. The molecule has 1 aromatic heterocycles. The van der Waals surface area contributed by atoms with Crippen LogP contribution >= 0.6 is 0 Å². The molecule has 0 N–H and O–H groups in total. The van der Waals surface area contributed by atoms with Gasteiger partial charge >= 0.3 is 18.0 Å². The number of aromatic nitrogens is 3. The third-order valence-corrected chi connectivity index (χ3v) is 3.41. The van der Waals surface area contributed by atoms with Crippen molar-refractivity contribution in [3.8, 4) is 29.5 Å². The largest absolute Gasteiger partial charge is 0.545 e. The highest BCUT2D eigenvalue weighted by Crippen LogP contribution is 2.25. The van der Waals surface area contributed by atoms with Crippen LogP contribution in [0.3, 0.4) is 0 Å². The Morgan fingerprint density at radius 2 is 1.24 bits per heavy atom. The smallest absolute Gasteiger partial charge is 0.331 e. The fourth-order valence-corrected chi connectivity index (χ4v) is 2.19. The molecule has 29 heavy (non-hydrogen) atoms. The minimum Gasteiger partial charge on any atom is -0.545 e. The number of hydrogen-bond donors (Lipinski definition) is 0. The first-order valence-corrected chi connectivity index (χ1v) is 8.32. The maximum absolute atomic E-state index is 11.0. The summed E-state index contributed by atoms with van der Waals surface area (Å²) in [5.74, 6) is -2.44. The summed E-state index contributed by atoms with van der Waals surface area (Å²) in [7, 11) is 0. The van der Waals surface area contributed by atoms with Gasteiger partial charge in [-0.2, -0.15) is 0 Å². The van der Waals surface area contributed by atoms with Crippen molar-refractivity contribution >= 4 is 11.9 Å². The molecular weight excluding hydrogens is 382 g/mol. The molecule has 0 amide bonds. The number of aromatic carboxylic acids is 2. The molecule has 2 aromatic carbocycles. The molecule has 3 aromatic rings. The lowest BCUT2D eigenvalue weighted by Gasteiger charge is -2.10. The molecule has 1 heterocycles. The second kappa shape index (κ2) is 8.65. The Kier molecular flexibility index (Phi) is 5.83. The average molecular weight is 395 g/mol. The Morgan fingerprint density at radius 1 is 0.793 bits per heavy atom. The van der Waals surface area contributed by atoms with Crippen molar-refractivity contribution in [3.05, 3.63) is 59.7 Å². The summed E-state index contributed by atoms with van der Waals surface area (Å²) in [6.45, 7) is 1.97. The van der Waals surface area contributed by atoms with E-state index < -0.39 is 11.9 Å². The first-order valence-electron chi connectivity index (χ1n) is 8.32. The normalized spacial score (nSPS) is 10.2. The topological polar surface area (TPSA) is 147 Å². The van der Waals surface area contributed by atoms with Gasteiger partial charge in [-0.05, 0) is 31.2 Å². The van der Waals surface area contributed by atoms with Crippen LogP contribution in [0.4, 0.5) is 0 Å². The van der Waals surface area contributed by atoms with Crippen molar-refractivity contribution in [1.82, 2.24) is 15.0 Å². The van der Waals surface area contributed by atoms with E-state index in [2.05, 4.69) is 15.0 Å². The lowest BCUT2D eigenvalue weighted by molar-refractivity contribution is -0.256. The molecule has 0 fully saturated rings. The number of nitrogens with zero attached hydrogens (tertiary/aromatic N) is 3. The molecule has 0 atom stereocenters. The fourth-order valence-electron chi connectivity index (χ4n) is 2.19. The van der Waals surface area contributed by atoms with Crippen LogP contribution in [0.5, 0.6) is 29.5 Å². The number of ether oxygens (including phenoxy) is 3. The molecule has 0 bridgehead atoms. The van der Waals surface area contributed by atoms with Gasteiger partial charge in [-0.3, -0.25) is 0 Å². The van der Waals surface area contributed by atoms with Gasteiger partial charge in [-0.1, -0.05) is 24.3 Å². The summed E-state index contributed by atoms with van der Waals surface area (Å²) in [5.41, 5.74) is -0.172. The minimum absolute atomic E-state index is 0.0860. The van der Waals surface area contributed by atoms with Crippen molar-refractivity contribution in [3.63, 3.8) is 0 Å². The molecule has 0 saturated carbocycles. The van der Waals surface area contributed by atoms with Crippen LogP contribution in [0.2, 0.25) is 0 Å². The molecule has 3 rings (SSSR count). The summed E-state index contributed by atoms with van der Waals surface area (Å²) in [6.07, 6.45) is 0. The number of carbonyl (C=O) groups is 2. The third kappa shape index (κ3) is 5.16. The van der Waals surface area contributed by atoms with E-state index in [1.807, 2.05) is 0 Å². The van der Waals surface area contributed by atoms with Gasteiger partial charge < -0.3 is 34.0 Å². The molecule has 10 heteroatoms. The first kappa shape index (κ1) is 19.5. The van der Waals surface area contributed by atoms with Gasteiger partial charge in [0.15, 0.2) is 0 Å². The first-order chi connectivity index (χ1) is 13.9. The van der Waals surface area contributed by atoms with Crippen LogP contribution in [0.1, 0.15) is 27.6 Å². The number of carboxylic acid groups (broad SMARTS) is 2. The van der Waals surface area contributed by atoms with Gasteiger partial charge in [0.1, 0.15) is 11.5 Å². The maximum Gasteiger partial charge on any atom is 0.331 e. The fraction of sp³-hybridized carbons (Fsp3) is 0.105. The lowest BCUT2D eigenvalue weighted by atomic mass is 10.2. The second-order valence-electron chi connectivity index (χ2n) is 5.45. The van der Waals surface area contributed by atoms with Crippen LogP contribution < -0.4 is 24.4 Å². The minimum atomic E-state index is -1.36. The van der Waals surface area contributed by atoms with Crippen LogP contribution in [-0.2, 0) is 0 Å². The van der Waals surface area contributed by atoms with Crippen LogP contribution in [-0.4, -0.2) is 33.5 Å². The zero-order valence-electron chi connectivity index (χ0n) is 15.0. The second-order valence-corrected chi connectivity index (χ2v) is 5.45. The van der Waals surface area contributed by atoms with E-state index in [4.69, 9.17) is 14.2 Å². The zero-order valence-corrected chi connectivity index (χ0v) is 15.0. The Labute approximate surface area is 164 Å². The molecule has 0 aliphatic carbocycles. The van der Waals surface area contributed by atoms with E-state index in [9.17, 15) is 19.8 Å². The van der Waals surface area contributed by atoms with Crippen molar-refractivity contribution in [2.24, 2.45) is 0 Å². The maximum atomic E-state index is 11.0. The van der Waals surface area contributed by atoms with Crippen molar-refractivity contribution < 1.29 is 34.0 Å². The highest BCUT2D eigenvalue weighted by atomic mass is 16.5. The summed E-state index contributed by atoms with van der Waals surface area (Å²) >= 11 is 0. The number of carboxylic acids is 2. The standard InChI is InChI=1S/C19H15N3O7/c1-2-27-17-20-18(28-13-7-3-5-11(9-13)15(23)24)22-19(21-17)29-14-8-4-6-12(10-14)16(25)26/h3-10H,2H2,1H3,(H,23,24)(H,25,26)/p-2. The quantitative estimate of drug-likeness (QED) is 0.530. The third-order valence-electron chi connectivity index (χ3n) is 3.41. The molecule has 0 unspecified atom stereocenters. The molecule has 0 saturated heterocycles. The molecule has 0 radical (unpaired) electrons. The van der Waals surface area contributed by atoms with Gasteiger partial charge in [0.2, 0.25) is 0 Å². The Morgan fingerprint density at radius 3 is 1.66 bits per heavy atom. The van der Waals surface area contributed by atoms with E-state index in [1.54, 1.807) is 6.92 Å².